The molecule has 0 bridgehead atoms. The van der Waals surface area contributed by atoms with E-state index < -0.39 is 0 Å². The van der Waals surface area contributed by atoms with Crippen molar-refractivity contribution in [3.63, 3.8) is 0 Å². The topological polar surface area (TPSA) is 88.5 Å². The van der Waals surface area contributed by atoms with Crippen LogP contribution in [0.2, 0.25) is 0 Å². The number of carbonyl (C=O) groups is 1. The highest BCUT2D eigenvalue weighted by atomic mass is 16.5. The van der Waals surface area contributed by atoms with Crippen LogP contribution in [0.15, 0.2) is 29.3 Å². The van der Waals surface area contributed by atoms with Gasteiger partial charge in [-0.3, -0.25) is 9.79 Å². The third-order valence-corrected chi connectivity index (χ3v) is 6.18. The molecule has 8 nitrogen and oxygen atoms in total. The standard InChI is InChI=1S/C25H30N2O6/c1-6-32-22-12-18-16-8-7-15(33-14(2)28)11-20(16)26-24(19(18)13-21(22)29-3)17-9-10-23(30-4)27-25(17)31-5/h9-10,12-13,15-16,20H,6-8,11H2,1-5H3. The molecule has 0 N–H and O–H groups in total. The minimum atomic E-state index is -0.261. The van der Waals surface area contributed by atoms with E-state index in [0.717, 1.165) is 35.2 Å². The minimum absolute atomic E-state index is 0.0414. The van der Waals surface area contributed by atoms with Gasteiger partial charge in [-0.25, -0.2) is 0 Å². The van der Waals surface area contributed by atoms with Crippen molar-refractivity contribution in [2.24, 2.45) is 4.99 Å². The fourth-order valence-electron chi connectivity index (χ4n) is 4.79. The number of pyridine rings is 1. The normalized spacial score (nSPS) is 21.2. The zero-order chi connectivity index (χ0) is 23.5. The summed E-state index contributed by atoms with van der Waals surface area (Å²) in [5.41, 5.74) is 3.64. The molecule has 1 aromatic heterocycles. The highest BCUT2D eigenvalue weighted by Gasteiger charge is 2.39. The lowest BCUT2D eigenvalue weighted by Crippen LogP contribution is -2.36. The number of carbonyl (C=O) groups excluding carboxylic acids is 1. The Labute approximate surface area is 193 Å². The number of nitrogens with zero attached hydrogens (tertiary/aromatic N) is 2. The lowest BCUT2D eigenvalue weighted by atomic mass is 9.74. The van der Waals surface area contributed by atoms with Crippen LogP contribution in [-0.4, -0.2) is 56.7 Å². The van der Waals surface area contributed by atoms with Crippen molar-refractivity contribution in [2.75, 3.05) is 27.9 Å². The van der Waals surface area contributed by atoms with Crippen molar-refractivity contribution in [3.8, 4) is 23.3 Å². The Bertz CT molecular complexity index is 1070. The number of fused-ring (bicyclic) bond motifs is 3. The lowest BCUT2D eigenvalue weighted by Gasteiger charge is -2.38. The molecule has 0 spiro atoms. The highest BCUT2D eigenvalue weighted by molar-refractivity contribution is 6.16. The van der Waals surface area contributed by atoms with E-state index in [4.69, 9.17) is 28.7 Å². The van der Waals surface area contributed by atoms with Gasteiger partial charge in [0.15, 0.2) is 11.5 Å². The number of esters is 1. The monoisotopic (exact) mass is 454 g/mol. The van der Waals surface area contributed by atoms with Crippen LogP contribution in [-0.2, 0) is 9.53 Å². The molecular formula is C25H30N2O6. The maximum atomic E-state index is 11.6. The second kappa shape index (κ2) is 9.68. The number of ether oxygens (including phenoxy) is 5. The summed E-state index contributed by atoms with van der Waals surface area (Å²) >= 11 is 0. The van der Waals surface area contributed by atoms with Crippen LogP contribution in [0.1, 0.15) is 55.7 Å². The van der Waals surface area contributed by atoms with Crippen LogP contribution in [0.3, 0.4) is 0 Å². The summed E-state index contributed by atoms with van der Waals surface area (Å²) in [7, 11) is 4.78. The number of hydrogen-bond donors (Lipinski definition) is 0. The van der Waals surface area contributed by atoms with Gasteiger partial charge in [0.25, 0.3) is 0 Å². The third kappa shape index (κ3) is 4.47. The van der Waals surface area contributed by atoms with Gasteiger partial charge in [0.2, 0.25) is 11.8 Å². The maximum Gasteiger partial charge on any atom is 0.302 e. The molecule has 1 aromatic carbocycles. The summed E-state index contributed by atoms with van der Waals surface area (Å²) in [6.07, 6.45) is 2.18. The largest absolute Gasteiger partial charge is 0.493 e. The van der Waals surface area contributed by atoms with E-state index in [1.54, 1.807) is 27.4 Å². The first kappa shape index (κ1) is 22.9. The summed E-state index contributed by atoms with van der Waals surface area (Å²) in [6.45, 7) is 3.94. The Morgan fingerprint density at radius 2 is 1.85 bits per heavy atom. The zero-order valence-electron chi connectivity index (χ0n) is 19.7. The molecule has 3 unspecified atom stereocenters. The first-order chi connectivity index (χ1) is 16.0. The molecule has 176 valence electrons. The Hall–Kier alpha value is -3.29. The first-order valence-corrected chi connectivity index (χ1v) is 11.2. The minimum Gasteiger partial charge on any atom is -0.493 e. The molecule has 2 aromatic rings. The van der Waals surface area contributed by atoms with Gasteiger partial charge in [-0.05, 0) is 43.5 Å². The van der Waals surface area contributed by atoms with Gasteiger partial charge < -0.3 is 23.7 Å². The number of hydrogen-bond acceptors (Lipinski definition) is 8. The van der Waals surface area contributed by atoms with Crippen molar-refractivity contribution in [2.45, 2.75) is 51.2 Å². The molecule has 1 aliphatic heterocycles. The van der Waals surface area contributed by atoms with Crippen molar-refractivity contribution in [1.82, 2.24) is 4.98 Å². The average Bonchev–Trinajstić information content (AvgIpc) is 2.82. The van der Waals surface area contributed by atoms with Crippen molar-refractivity contribution in [3.05, 3.63) is 41.0 Å². The quantitative estimate of drug-likeness (QED) is 0.586. The Morgan fingerprint density at radius 1 is 1.03 bits per heavy atom. The Morgan fingerprint density at radius 3 is 2.52 bits per heavy atom. The smallest absolute Gasteiger partial charge is 0.302 e. The van der Waals surface area contributed by atoms with Crippen molar-refractivity contribution in [1.29, 1.82) is 0 Å². The van der Waals surface area contributed by atoms with Crippen LogP contribution in [0.5, 0.6) is 23.3 Å². The van der Waals surface area contributed by atoms with Crippen LogP contribution in [0, 0.1) is 0 Å². The molecule has 33 heavy (non-hydrogen) atoms. The van der Waals surface area contributed by atoms with Crippen molar-refractivity contribution >= 4 is 11.7 Å². The molecule has 1 aliphatic carbocycles. The fraction of sp³-hybridized carbons (Fsp3) is 0.480. The van der Waals surface area contributed by atoms with E-state index in [1.165, 1.54) is 6.92 Å². The van der Waals surface area contributed by atoms with Gasteiger partial charge >= 0.3 is 5.97 Å². The predicted octanol–water partition coefficient (Wildman–Crippen LogP) is 3.92. The average molecular weight is 455 g/mol. The van der Waals surface area contributed by atoms with Gasteiger partial charge in [0, 0.05) is 30.9 Å². The van der Waals surface area contributed by atoms with Crippen LogP contribution in [0.4, 0.5) is 0 Å². The van der Waals surface area contributed by atoms with Crippen LogP contribution in [0.25, 0.3) is 0 Å². The second-order valence-corrected chi connectivity index (χ2v) is 8.13. The molecule has 0 saturated heterocycles. The molecule has 2 aliphatic rings. The van der Waals surface area contributed by atoms with Gasteiger partial charge in [0.1, 0.15) is 6.10 Å². The van der Waals surface area contributed by atoms with E-state index in [2.05, 4.69) is 11.1 Å². The van der Waals surface area contributed by atoms with Crippen molar-refractivity contribution < 1.29 is 28.5 Å². The van der Waals surface area contributed by atoms with E-state index in [-0.39, 0.29) is 24.0 Å². The lowest BCUT2D eigenvalue weighted by molar-refractivity contribution is -0.148. The Kier molecular flexibility index (Phi) is 6.72. The number of rotatable bonds is 7. The number of benzene rings is 1. The first-order valence-electron chi connectivity index (χ1n) is 11.2. The van der Waals surface area contributed by atoms with E-state index in [0.29, 0.717) is 36.3 Å². The van der Waals surface area contributed by atoms with E-state index in [1.807, 2.05) is 19.1 Å². The molecule has 1 saturated carbocycles. The van der Waals surface area contributed by atoms with Crippen LogP contribution < -0.4 is 18.9 Å². The van der Waals surface area contributed by atoms with E-state index in [9.17, 15) is 4.79 Å². The predicted molar refractivity (Wildman–Crippen MR) is 123 cm³/mol. The molecule has 0 amide bonds. The maximum absolute atomic E-state index is 11.6. The fourth-order valence-corrected chi connectivity index (χ4v) is 4.79. The van der Waals surface area contributed by atoms with Gasteiger partial charge in [0.05, 0.1) is 45.3 Å². The molecular weight excluding hydrogens is 424 g/mol. The zero-order valence-corrected chi connectivity index (χ0v) is 19.7. The number of aromatic nitrogens is 1. The summed E-state index contributed by atoms with van der Waals surface area (Å²) in [5.74, 6) is 2.18. The molecule has 0 radical (unpaired) electrons. The second-order valence-electron chi connectivity index (χ2n) is 8.13. The molecule has 8 heteroatoms. The third-order valence-electron chi connectivity index (χ3n) is 6.18. The van der Waals surface area contributed by atoms with Gasteiger partial charge in [-0.2, -0.15) is 4.98 Å². The van der Waals surface area contributed by atoms with Gasteiger partial charge in [-0.1, -0.05) is 0 Å². The Balaban J connectivity index is 1.86. The summed E-state index contributed by atoms with van der Waals surface area (Å²) in [4.78, 5) is 21.2. The molecule has 4 rings (SSSR count). The summed E-state index contributed by atoms with van der Waals surface area (Å²) in [6, 6.07) is 7.71. The van der Waals surface area contributed by atoms with E-state index >= 15 is 0 Å². The summed E-state index contributed by atoms with van der Waals surface area (Å²) in [5, 5.41) is 0. The van der Waals surface area contributed by atoms with Gasteiger partial charge in [-0.15, -0.1) is 0 Å². The number of aliphatic imine (C=N–C) groups is 1. The SMILES string of the molecule is CCOc1cc2c(cc1OC)C(c1ccc(OC)nc1OC)=NC1CC(OC(C)=O)CCC21. The molecule has 2 heterocycles. The molecule has 1 fully saturated rings. The number of methoxy groups -OCH3 is 3. The molecule has 3 atom stereocenters. The summed E-state index contributed by atoms with van der Waals surface area (Å²) < 4.78 is 27.9. The van der Waals surface area contributed by atoms with Crippen LogP contribution >= 0.6 is 0 Å². The highest BCUT2D eigenvalue weighted by Crippen LogP contribution is 2.46.